The van der Waals surface area contributed by atoms with Crippen LogP contribution < -0.4 is 27.0 Å². The van der Waals surface area contributed by atoms with Gasteiger partial charge in [0.15, 0.2) is 16.6 Å². The predicted octanol–water partition coefficient (Wildman–Crippen LogP) is 10.2. The number of rotatable bonds is 24. The first-order valence-corrected chi connectivity index (χ1v) is 33.8. The van der Waals surface area contributed by atoms with Crippen LogP contribution in [0.5, 0.6) is 0 Å². The third kappa shape index (κ3) is 15.2. The summed E-state index contributed by atoms with van der Waals surface area (Å²) in [6, 6.07) is 30.3. The van der Waals surface area contributed by atoms with Gasteiger partial charge in [-0.15, -0.1) is 20.5 Å². The molecule has 93 heavy (non-hydrogen) atoms. The van der Waals surface area contributed by atoms with E-state index in [1.165, 1.54) is 97.9 Å². The summed E-state index contributed by atoms with van der Waals surface area (Å²) < 4.78 is 155. The molecule has 0 bridgehead atoms. The summed E-state index contributed by atoms with van der Waals surface area (Å²) in [6.45, 7) is 1.49. The largest absolute Gasteiger partial charge is 0.368 e. The minimum Gasteiger partial charge on any atom is -0.368 e. The summed E-state index contributed by atoms with van der Waals surface area (Å²) >= 11 is 0.712. The maximum Gasteiger partial charge on any atom is 0.297 e. The average molecular weight is 1380 g/mol. The summed E-state index contributed by atoms with van der Waals surface area (Å²) in [4.78, 5) is 26.4. The maximum absolute atomic E-state index is 13.5. The van der Waals surface area contributed by atoms with Crippen molar-refractivity contribution in [3.8, 4) is 23.3 Å². The molecule has 0 aliphatic rings. The normalized spacial score (nSPS) is 12.2. The van der Waals surface area contributed by atoms with Crippen molar-refractivity contribution in [2.24, 2.45) is 20.5 Å². The molecule has 0 fully saturated rings. The van der Waals surface area contributed by atoms with E-state index in [2.05, 4.69) is 82.2 Å². The summed E-state index contributed by atoms with van der Waals surface area (Å²) in [6.07, 6.45) is 0. The van der Waals surface area contributed by atoms with Gasteiger partial charge < -0.3 is 27.0 Å². The first-order valence-electron chi connectivity index (χ1n) is 25.8. The Balaban J connectivity index is 1.18. The number of nitrogens with two attached hydrogens (primary N) is 1. The highest BCUT2D eigenvalue weighted by atomic mass is 32.2. The Morgan fingerprint density at radius 3 is 1.62 bits per heavy atom. The molecule has 0 saturated heterocycles. The number of nitro benzene ring substituents is 1. The molecule has 6 aromatic carbocycles. The van der Waals surface area contributed by atoms with Crippen LogP contribution in [0.4, 0.5) is 79.3 Å². The Morgan fingerprint density at radius 1 is 0.581 bits per heavy atom. The van der Waals surface area contributed by atoms with Crippen LogP contribution in [0.15, 0.2) is 161 Å². The molecule has 0 aliphatic carbocycles. The van der Waals surface area contributed by atoms with Gasteiger partial charge in [0.05, 0.1) is 54.4 Å². The Bertz CT molecular complexity index is 5240. The summed E-state index contributed by atoms with van der Waals surface area (Å²) in [5.74, 6) is -1.24. The third-order valence-electron chi connectivity index (χ3n) is 13.0. The lowest BCUT2D eigenvalue weighted by Gasteiger charge is -2.16. The second-order valence-corrected chi connectivity index (χ2v) is 28.1. The topological polar surface area (TPSA) is 494 Å². The molecular weight excluding hydrogens is 1340 g/mol. The molecule has 9 rings (SSSR count). The number of nitrogens with one attached hydrogen (secondary N) is 4. The molecule has 33 nitrogen and oxygen atoms in total. The van der Waals surface area contributed by atoms with Gasteiger partial charge in [-0.3, -0.25) is 31.4 Å². The second kappa shape index (κ2) is 26.8. The lowest BCUT2D eigenvalue weighted by Crippen LogP contribution is -2.08. The van der Waals surface area contributed by atoms with Crippen LogP contribution in [-0.4, -0.2) is 99.9 Å². The maximum atomic E-state index is 13.5. The van der Waals surface area contributed by atoms with Gasteiger partial charge in [0, 0.05) is 56.8 Å². The summed E-state index contributed by atoms with van der Waals surface area (Å²) in [5, 5.41) is 62.2. The van der Waals surface area contributed by atoms with Crippen LogP contribution in [0.1, 0.15) is 22.3 Å². The molecule has 478 valence electrons. The minimum atomic E-state index is -4.82. The van der Waals surface area contributed by atoms with Gasteiger partial charge >= 0.3 is 0 Å². The average Bonchev–Trinajstić information content (AvgIpc) is 1.04. The number of non-ortho nitro benzene ring substituents is 1. The molecular formula is C54H44N16O17S6. The SMILES string of the molecule is COS(=O)(=O)c1ccc(Nc2nc(Nc3ccc(S(=O)(=O)OC)cc3)c(N=Nc3sc(N=Nc4cc(S(=O)(=O)OC)c5cc([N+](=O)[O-])cc(S(=O)(=O)OC)c5c4)c(-c4ccc(Nc5nc(N)nc(Nc6cccc(CS(=O)(=O)O)c6)n5)cc4)c3C#N)c(C)c2C#N)cc1. The van der Waals surface area contributed by atoms with E-state index in [4.69, 9.17) is 14.1 Å². The van der Waals surface area contributed by atoms with Gasteiger partial charge in [0.1, 0.15) is 43.9 Å². The van der Waals surface area contributed by atoms with E-state index >= 15 is 0 Å². The predicted molar refractivity (Wildman–Crippen MR) is 336 cm³/mol. The van der Waals surface area contributed by atoms with Gasteiger partial charge in [-0.1, -0.05) is 35.6 Å². The highest BCUT2D eigenvalue weighted by molar-refractivity contribution is 7.88. The zero-order valence-corrected chi connectivity index (χ0v) is 53.1. The van der Waals surface area contributed by atoms with Crippen molar-refractivity contribution in [1.82, 2.24) is 19.9 Å². The molecule has 9 aromatic rings. The minimum absolute atomic E-state index is 0.0311. The summed E-state index contributed by atoms with van der Waals surface area (Å²) in [5.41, 5.74) is 6.26. The van der Waals surface area contributed by atoms with Crippen molar-refractivity contribution in [2.45, 2.75) is 32.3 Å². The van der Waals surface area contributed by atoms with Crippen molar-refractivity contribution < 1.29 is 68.3 Å². The van der Waals surface area contributed by atoms with Crippen LogP contribution in [0.2, 0.25) is 0 Å². The summed E-state index contributed by atoms with van der Waals surface area (Å²) in [7, 11) is -18.7. The molecule has 39 heteroatoms. The van der Waals surface area contributed by atoms with Gasteiger partial charge in [0.2, 0.25) is 17.8 Å². The third-order valence-corrected chi connectivity index (χ3v) is 19.9. The van der Waals surface area contributed by atoms with Crippen molar-refractivity contribution in [1.29, 1.82) is 10.5 Å². The van der Waals surface area contributed by atoms with E-state index in [0.29, 0.717) is 28.8 Å². The molecule has 3 aromatic heterocycles. The number of nitrogen functional groups attached to an aromatic ring is 1. The number of anilines is 9. The smallest absolute Gasteiger partial charge is 0.297 e. The molecule has 7 N–H and O–H groups in total. The number of hydrogen-bond acceptors (Lipinski definition) is 32. The van der Waals surface area contributed by atoms with Crippen molar-refractivity contribution >= 4 is 152 Å². The van der Waals surface area contributed by atoms with E-state index in [9.17, 15) is 67.3 Å². The molecule has 0 atom stereocenters. The number of benzene rings is 6. The van der Waals surface area contributed by atoms with E-state index in [-0.39, 0.29) is 105 Å². The Hall–Kier alpha value is -10.4. The van der Waals surface area contributed by atoms with Crippen molar-refractivity contribution in [3.63, 3.8) is 0 Å². The number of hydrogen-bond donors (Lipinski definition) is 6. The number of pyridine rings is 1. The molecule has 0 radical (unpaired) electrons. The number of thiophene rings is 1. The molecule has 0 saturated carbocycles. The highest BCUT2D eigenvalue weighted by Crippen LogP contribution is 2.49. The number of azo groups is 2. The second-order valence-electron chi connectivity index (χ2n) is 18.9. The Morgan fingerprint density at radius 2 is 1.09 bits per heavy atom. The van der Waals surface area contributed by atoms with E-state index in [0.717, 1.165) is 46.6 Å². The van der Waals surface area contributed by atoms with Crippen molar-refractivity contribution in [2.75, 3.05) is 55.4 Å². The Labute approximate surface area is 532 Å². The lowest BCUT2D eigenvalue weighted by molar-refractivity contribution is -0.384. The van der Waals surface area contributed by atoms with E-state index < -0.39 is 87.5 Å². The fourth-order valence-corrected chi connectivity index (χ4v) is 13.3. The van der Waals surface area contributed by atoms with Crippen LogP contribution >= 0.6 is 11.3 Å². The van der Waals surface area contributed by atoms with Crippen molar-refractivity contribution in [3.05, 3.63) is 154 Å². The number of nitrogens with zero attached hydrogens (tertiary/aromatic N) is 11. The van der Waals surface area contributed by atoms with Crippen LogP contribution in [-0.2, 0) is 73.1 Å². The van der Waals surface area contributed by atoms with Gasteiger partial charge in [-0.25, -0.2) is 4.98 Å². The number of nitriles is 2. The van der Waals surface area contributed by atoms with Gasteiger partial charge in [-0.2, -0.15) is 67.6 Å². The Kier molecular flexibility index (Phi) is 19.3. The highest BCUT2D eigenvalue weighted by Gasteiger charge is 2.29. The fourth-order valence-electron chi connectivity index (χ4n) is 8.68. The van der Waals surface area contributed by atoms with E-state index in [1.54, 1.807) is 6.07 Å². The van der Waals surface area contributed by atoms with E-state index in [1.807, 2.05) is 0 Å². The zero-order valence-electron chi connectivity index (χ0n) is 48.2. The van der Waals surface area contributed by atoms with Crippen LogP contribution in [0.3, 0.4) is 0 Å². The first-order chi connectivity index (χ1) is 44.0. The molecule has 3 heterocycles. The molecule has 0 aliphatic heterocycles. The zero-order chi connectivity index (χ0) is 67.4. The molecule has 0 amide bonds. The number of fused-ring (bicyclic) bond motifs is 1. The van der Waals surface area contributed by atoms with Gasteiger partial charge in [0.25, 0.3) is 56.3 Å². The molecule has 0 spiro atoms. The number of aromatic nitrogens is 4. The first kappa shape index (κ1) is 67.0. The van der Waals surface area contributed by atoms with Crippen LogP contribution in [0, 0.1) is 39.7 Å². The monoisotopic (exact) mass is 1380 g/mol. The number of nitro groups is 1. The quantitative estimate of drug-likeness (QED) is 0.0108. The van der Waals surface area contributed by atoms with Gasteiger partial charge in [-0.05, 0) is 103 Å². The molecule has 0 unspecified atom stereocenters. The van der Waals surface area contributed by atoms with Crippen LogP contribution in [0.25, 0.3) is 21.9 Å². The fraction of sp³-hybridized carbons (Fsp3) is 0.111. The standard InChI is InChI=1S/C54H44N16O17S6/c1-29-42(26-55)48(58-32-13-17-38(18-14-32)90(76,77)84-2)62-49(59-33-15-19-39(20-16-33)91(78,79)85-3)47(29)67-68-50-43(27-56)46(31-9-11-34(12-10-31)60-53-63-52(57)64-54(65-53)61-35-8-6-7-30(21-35)28-89(73,74)75)51(88-50)69-66-36-22-40-41(44(23-36)92(80,81)86-4)24-37(70(71)72)25-45(40)93(82,83)87-5/h6-25H,28H2,1-5H3,(H2,58,59,62)(H,73,74,75)(H4,57,60,61,63,64,65). The lowest BCUT2D eigenvalue weighted by atomic mass is 10.0.